The SMILES string of the molecule is Cc1cn(-c2ccc(-c3cc(F)c(CO)c(S(C)(=O)=O)c3)cc2-c2nc(C3CC3)oc2-c2ccc3c(c2)OC(F)(F)O3)c(C)n1. The highest BCUT2D eigenvalue weighted by Crippen LogP contribution is 2.48. The van der Waals surface area contributed by atoms with E-state index in [-0.39, 0.29) is 33.4 Å². The molecule has 1 aliphatic heterocycles. The molecule has 2 aliphatic rings. The van der Waals surface area contributed by atoms with E-state index in [0.29, 0.717) is 45.5 Å². The fourth-order valence-corrected chi connectivity index (χ4v) is 6.50. The molecule has 7 rings (SSSR count). The van der Waals surface area contributed by atoms with Gasteiger partial charge < -0.3 is 23.6 Å². The Morgan fingerprint density at radius 2 is 1.71 bits per heavy atom. The Labute approximate surface area is 255 Å². The zero-order chi connectivity index (χ0) is 31.8. The van der Waals surface area contributed by atoms with Crippen LogP contribution in [0.3, 0.4) is 0 Å². The number of aliphatic hydroxyl groups is 1. The minimum Gasteiger partial charge on any atom is -0.440 e. The lowest BCUT2D eigenvalue weighted by Crippen LogP contribution is -2.25. The summed E-state index contributed by atoms with van der Waals surface area (Å²) >= 11 is 0. The fourth-order valence-electron chi connectivity index (χ4n) is 5.55. The Hall–Kier alpha value is -4.62. The zero-order valence-electron chi connectivity index (χ0n) is 24.3. The lowest BCUT2D eigenvalue weighted by atomic mass is 9.97. The molecule has 0 spiro atoms. The van der Waals surface area contributed by atoms with E-state index in [1.54, 1.807) is 24.3 Å². The van der Waals surface area contributed by atoms with Crippen LogP contribution < -0.4 is 9.47 Å². The second-order valence-electron chi connectivity index (χ2n) is 11.2. The van der Waals surface area contributed by atoms with Crippen molar-refractivity contribution in [3.05, 3.63) is 83.5 Å². The van der Waals surface area contributed by atoms with Crippen LogP contribution in [0.2, 0.25) is 0 Å². The number of imidazole rings is 1. The summed E-state index contributed by atoms with van der Waals surface area (Å²) in [6.07, 6.45) is 0.754. The van der Waals surface area contributed by atoms with Crippen molar-refractivity contribution >= 4 is 9.84 Å². The molecular weight excluding hydrogens is 611 g/mol. The van der Waals surface area contributed by atoms with Crippen LogP contribution in [0.5, 0.6) is 11.5 Å². The van der Waals surface area contributed by atoms with Crippen LogP contribution in [0.15, 0.2) is 64.0 Å². The molecule has 0 atom stereocenters. The number of nitrogens with zero attached hydrogens (tertiary/aromatic N) is 3. The zero-order valence-corrected chi connectivity index (χ0v) is 25.1. The summed E-state index contributed by atoms with van der Waals surface area (Å²) in [5.74, 6) is 0.414. The molecule has 0 amide bonds. The van der Waals surface area contributed by atoms with Crippen LogP contribution in [-0.2, 0) is 16.4 Å². The van der Waals surface area contributed by atoms with Gasteiger partial charge in [0.1, 0.15) is 17.3 Å². The predicted octanol–water partition coefficient (Wildman–Crippen LogP) is 6.71. The summed E-state index contributed by atoms with van der Waals surface area (Å²) in [6, 6.07) is 12.1. The number of alkyl halides is 2. The van der Waals surface area contributed by atoms with Crippen molar-refractivity contribution in [3.63, 3.8) is 0 Å². The van der Waals surface area contributed by atoms with Gasteiger partial charge in [0.05, 0.1) is 22.9 Å². The van der Waals surface area contributed by atoms with E-state index in [4.69, 9.17) is 14.1 Å². The maximum Gasteiger partial charge on any atom is 0.586 e. The first-order valence-corrected chi connectivity index (χ1v) is 15.9. The van der Waals surface area contributed by atoms with Crippen molar-refractivity contribution in [3.8, 4) is 50.9 Å². The predicted molar refractivity (Wildman–Crippen MR) is 157 cm³/mol. The lowest BCUT2D eigenvalue weighted by molar-refractivity contribution is -0.286. The molecule has 3 aromatic carbocycles. The number of sulfone groups is 1. The van der Waals surface area contributed by atoms with Crippen LogP contribution >= 0.6 is 0 Å². The number of halogens is 3. The number of oxazole rings is 1. The summed E-state index contributed by atoms with van der Waals surface area (Å²) in [7, 11) is -3.89. The van der Waals surface area contributed by atoms with Gasteiger partial charge in [0, 0.05) is 35.1 Å². The number of rotatable bonds is 7. The van der Waals surface area contributed by atoms with E-state index in [1.807, 2.05) is 24.6 Å². The topological polar surface area (TPSA) is 117 Å². The van der Waals surface area contributed by atoms with Gasteiger partial charge in [-0.2, -0.15) is 0 Å². The number of hydrogen-bond acceptors (Lipinski definition) is 8. The van der Waals surface area contributed by atoms with Gasteiger partial charge in [-0.25, -0.2) is 22.8 Å². The Kier molecular flexibility index (Phi) is 6.60. The Balaban J connectivity index is 1.46. The normalized spacial score (nSPS) is 15.5. The van der Waals surface area contributed by atoms with Gasteiger partial charge in [0.2, 0.25) is 0 Å². The molecule has 5 aromatic rings. The minimum atomic E-state index is -3.89. The molecule has 1 fully saturated rings. The largest absolute Gasteiger partial charge is 0.586 e. The van der Waals surface area contributed by atoms with Crippen LogP contribution in [-0.4, -0.2) is 40.6 Å². The number of benzene rings is 3. The maximum atomic E-state index is 15.2. The van der Waals surface area contributed by atoms with E-state index >= 15 is 4.39 Å². The molecule has 0 bridgehead atoms. The fraction of sp³-hybridized carbons (Fsp3) is 0.250. The van der Waals surface area contributed by atoms with Gasteiger partial charge in [0.25, 0.3) is 0 Å². The standard InChI is InChI=1S/C32H26F3N3O6S/c1-16-14-38(17(2)36-16)25-8-6-19(21-11-24(33)23(15-39)28(13-21)45(3,40)41)10-22(25)29-30(42-31(37-29)18-4-5-18)20-7-9-26-27(12-20)44-32(34,35)43-26/h6-14,18,39H,4-5,15H2,1-3H3. The van der Waals surface area contributed by atoms with Crippen LogP contribution in [0, 0.1) is 19.7 Å². The number of hydrogen-bond donors (Lipinski definition) is 1. The van der Waals surface area contributed by atoms with Crippen LogP contribution in [0.1, 0.15) is 41.7 Å². The van der Waals surface area contributed by atoms with Gasteiger partial charge in [0.15, 0.2) is 33.0 Å². The number of aryl methyl sites for hydroxylation is 2. The number of ether oxygens (including phenoxy) is 2. The average Bonchev–Trinajstić information content (AvgIpc) is 3.52. The van der Waals surface area contributed by atoms with Gasteiger partial charge in [-0.3, -0.25) is 0 Å². The third kappa shape index (κ3) is 5.25. The first-order chi connectivity index (χ1) is 21.3. The summed E-state index contributed by atoms with van der Waals surface area (Å²) in [5, 5.41) is 9.70. The summed E-state index contributed by atoms with van der Waals surface area (Å²) < 4.78 is 85.3. The molecule has 45 heavy (non-hydrogen) atoms. The molecule has 3 heterocycles. The summed E-state index contributed by atoms with van der Waals surface area (Å²) in [6.45, 7) is 2.90. The Morgan fingerprint density at radius 3 is 2.38 bits per heavy atom. The van der Waals surface area contributed by atoms with Crippen LogP contribution in [0.25, 0.3) is 39.4 Å². The second kappa shape index (κ2) is 10.2. The lowest BCUT2D eigenvalue weighted by Gasteiger charge is -2.15. The monoisotopic (exact) mass is 637 g/mol. The first-order valence-electron chi connectivity index (χ1n) is 14.0. The number of fused-ring (bicyclic) bond motifs is 1. The van der Waals surface area contributed by atoms with E-state index in [1.165, 1.54) is 24.3 Å². The minimum absolute atomic E-state index is 0.0946. The number of aromatic nitrogens is 3. The molecular formula is C32H26F3N3O6S. The molecule has 0 unspecified atom stereocenters. The molecule has 0 saturated heterocycles. The van der Waals surface area contributed by atoms with Crippen molar-refractivity contribution in [2.45, 2.75) is 50.4 Å². The van der Waals surface area contributed by atoms with Gasteiger partial charge in [-0.1, -0.05) is 6.07 Å². The van der Waals surface area contributed by atoms with E-state index in [2.05, 4.69) is 9.72 Å². The molecule has 232 valence electrons. The van der Waals surface area contributed by atoms with E-state index in [9.17, 15) is 22.3 Å². The third-order valence-corrected chi connectivity index (χ3v) is 8.96. The Morgan fingerprint density at radius 1 is 0.978 bits per heavy atom. The molecule has 0 radical (unpaired) electrons. The highest BCUT2D eigenvalue weighted by Gasteiger charge is 2.43. The van der Waals surface area contributed by atoms with E-state index < -0.39 is 28.6 Å². The van der Waals surface area contributed by atoms with Gasteiger partial charge >= 0.3 is 6.29 Å². The summed E-state index contributed by atoms with van der Waals surface area (Å²) in [4.78, 5) is 9.09. The molecule has 1 saturated carbocycles. The second-order valence-corrected chi connectivity index (χ2v) is 13.2. The van der Waals surface area contributed by atoms with Gasteiger partial charge in [-0.05, 0) is 80.3 Å². The molecule has 9 nitrogen and oxygen atoms in total. The Bertz CT molecular complexity index is 2120. The van der Waals surface area contributed by atoms with Crippen molar-refractivity contribution < 1.29 is 40.6 Å². The highest BCUT2D eigenvalue weighted by atomic mass is 32.2. The van der Waals surface area contributed by atoms with Crippen molar-refractivity contribution in [1.29, 1.82) is 0 Å². The highest BCUT2D eigenvalue weighted by molar-refractivity contribution is 7.90. The first kappa shape index (κ1) is 29.1. The third-order valence-electron chi connectivity index (χ3n) is 7.79. The maximum absolute atomic E-state index is 15.2. The van der Waals surface area contributed by atoms with Crippen molar-refractivity contribution in [2.75, 3.05) is 6.26 Å². The molecule has 13 heteroatoms. The molecule has 1 N–H and O–H groups in total. The molecule has 2 aromatic heterocycles. The summed E-state index contributed by atoms with van der Waals surface area (Å²) in [5.41, 5.74) is 3.16. The van der Waals surface area contributed by atoms with Crippen LogP contribution in [0.4, 0.5) is 13.2 Å². The van der Waals surface area contributed by atoms with E-state index in [0.717, 1.165) is 24.8 Å². The quantitative estimate of drug-likeness (QED) is 0.209. The number of aliphatic hydroxyl groups excluding tert-OH is 1. The van der Waals surface area contributed by atoms with Gasteiger partial charge in [-0.15, -0.1) is 8.78 Å². The van der Waals surface area contributed by atoms with Crippen molar-refractivity contribution in [1.82, 2.24) is 14.5 Å². The molecule has 1 aliphatic carbocycles. The van der Waals surface area contributed by atoms with Crippen molar-refractivity contribution in [2.24, 2.45) is 0 Å². The smallest absolute Gasteiger partial charge is 0.440 e. The average molecular weight is 638 g/mol.